The highest BCUT2D eigenvalue weighted by atomic mass is 16.3. The first-order valence-electron chi connectivity index (χ1n) is 9.60. The molecule has 140 valence electrons. The third-order valence-corrected chi connectivity index (χ3v) is 5.38. The number of hydrogen-bond acceptors (Lipinski definition) is 2. The van der Waals surface area contributed by atoms with Crippen LogP contribution in [0, 0.1) is 0 Å². The van der Waals surface area contributed by atoms with Crippen LogP contribution in [0.5, 0.6) is 0 Å². The summed E-state index contributed by atoms with van der Waals surface area (Å²) in [6.45, 7) is 11.0. The van der Waals surface area contributed by atoms with Crippen LogP contribution >= 0.6 is 0 Å². The third kappa shape index (κ3) is 3.16. The summed E-state index contributed by atoms with van der Waals surface area (Å²) in [7, 11) is 2.16. The van der Waals surface area contributed by atoms with Crippen LogP contribution in [0.4, 0.5) is 0 Å². The van der Waals surface area contributed by atoms with E-state index in [9.17, 15) is 0 Å². The maximum atomic E-state index is 5.95. The molecule has 4 rings (SSSR count). The first-order valence-corrected chi connectivity index (χ1v) is 9.60. The van der Waals surface area contributed by atoms with Crippen molar-refractivity contribution in [3.05, 3.63) is 65.7 Å². The van der Waals surface area contributed by atoms with Gasteiger partial charge in [-0.15, -0.1) is 0 Å². The molecule has 0 radical (unpaired) electrons. The molecule has 0 bridgehead atoms. The van der Waals surface area contributed by atoms with Crippen LogP contribution in [-0.2, 0) is 24.3 Å². The zero-order valence-corrected chi connectivity index (χ0v) is 17.1. The molecule has 0 spiro atoms. The van der Waals surface area contributed by atoms with Crippen LogP contribution in [0.3, 0.4) is 0 Å². The molecule has 0 aliphatic rings. The number of aromatic nitrogens is 2. The lowest BCUT2D eigenvalue weighted by Gasteiger charge is -2.26. The number of para-hydroxylation sites is 1. The Kier molecular flexibility index (Phi) is 3.95. The van der Waals surface area contributed by atoms with Crippen LogP contribution in [0.25, 0.3) is 22.0 Å². The van der Waals surface area contributed by atoms with Gasteiger partial charge in [0.25, 0.3) is 0 Å². The average Bonchev–Trinajstić information content (AvgIpc) is 3.16. The van der Waals surface area contributed by atoms with Gasteiger partial charge in [-0.1, -0.05) is 58.9 Å². The van der Waals surface area contributed by atoms with E-state index in [1.165, 1.54) is 22.2 Å². The number of aryl methyl sites for hydroxylation is 1. The molecular formula is C24H28N2O. The standard InChI is InChI=1S/C24H28N2O/c1-23(2,3)22-25-18-13-16(11-12-20(18)27-22)15-24(4,5)21-14-17-9-7-8-10-19(17)26(21)6/h7-14H,15H2,1-6H3. The number of hydrogen-bond donors (Lipinski definition) is 0. The molecule has 2 heterocycles. The van der Waals surface area contributed by atoms with Gasteiger partial charge in [0.1, 0.15) is 5.52 Å². The van der Waals surface area contributed by atoms with Gasteiger partial charge in [0.15, 0.2) is 5.58 Å². The highest BCUT2D eigenvalue weighted by molar-refractivity contribution is 5.81. The Morgan fingerprint density at radius 3 is 2.41 bits per heavy atom. The van der Waals surface area contributed by atoms with E-state index in [-0.39, 0.29) is 10.8 Å². The van der Waals surface area contributed by atoms with Crippen LogP contribution in [0.15, 0.2) is 52.9 Å². The minimum Gasteiger partial charge on any atom is -0.440 e. The topological polar surface area (TPSA) is 31.0 Å². The SMILES string of the molecule is Cn1c(C(C)(C)Cc2ccc3oc(C(C)(C)C)nc3c2)cc2ccccc21. The summed E-state index contributed by atoms with van der Waals surface area (Å²) in [6.07, 6.45) is 0.949. The quantitative estimate of drug-likeness (QED) is 0.439. The summed E-state index contributed by atoms with van der Waals surface area (Å²) in [5.74, 6) is 0.794. The molecule has 27 heavy (non-hydrogen) atoms. The van der Waals surface area contributed by atoms with Crippen LogP contribution < -0.4 is 0 Å². The Morgan fingerprint density at radius 1 is 0.963 bits per heavy atom. The van der Waals surface area contributed by atoms with E-state index < -0.39 is 0 Å². The number of fused-ring (bicyclic) bond motifs is 2. The van der Waals surface area contributed by atoms with E-state index in [0.717, 1.165) is 23.4 Å². The Labute approximate surface area is 161 Å². The fraction of sp³-hybridized carbons (Fsp3) is 0.375. The summed E-state index contributed by atoms with van der Waals surface area (Å²) in [6, 6.07) is 17.3. The van der Waals surface area contributed by atoms with Crippen molar-refractivity contribution in [2.45, 2.75) is 51.9 Å². The second-order valence-corrected chi connectivity index (χ2v) is 9.28. The van der Waals surface area contributed by atoms with E-state index in [1.54, 1.807) is 0 Å². The normalized spacial score (nSPS) is 13.0. The zero-order chi connectivity index (χ0) is 19.4. The number of oxazole rings is 1. The molecule has 2 aromatic heterocycles. The molecule has 0 aliphatic heterocycles. The number of nitrogens with zero attached hydrogens (tertiary/aromatic N) is 2. The molecule has 3 heteroatoms. The fourth-order valence-electron chi connectivity index (χ4n) is 3.94. The molecular weight excluding hydrogens is 332 g/mol. The molecule has 0 aliphatic carbocycles. The van der Waals surface area contributed by atoms with Crippen molar-refractivity contribution in [1.29, 1.82) is 0 Å². The van der Waals surface area contributed by atoms with Gasteiger partial charge in [0.05, 0.1) is 0 Å². The second kappa shape index (κ2) is 5.98. The summed E-state index contributed by atoms with van der Waals surface area (Å²) in [5.41, 5.74) is 5.66. The zero-order valence-electron chi connectivity index (χ0n) is 17.1. The van der Waals surface area contributed by atoms with Crippen molar-refractivity contribution in [1.82, 2.24) is 9.55 Å². The van der Waals surface area contributed by atoms with Gasteiger partial charge in [0.2, 0.25) is 5.89 Å². The highest BCUT2D eigenvalue weighted by Gasteiger charge is 2.26. The Bertz CT molecular complexity index is 1120. The van der Waals surface area contributed by atoms with E-state index in [0.29, 0.717) is 0 Å². The first-order chi connectivity index (χ1) is 12.6. The predicted octanol–water partition coefficient (Wildman–Crippen LogP) is 6.14. The number of rotatable bonds is 3. The largest absolute Gasteiger partial charge is 0.440 e. The molecule has 2 aromatic carbocycles. The molecule has 0 N–H and O–H groups in total. The van der Waals surface area contributed by atoms with Crippen molar-refractivity contribution in [3.8, 4) is 0 Å². The van der Waals surface area contributed by atoms with Gasteiger partial charge in [-0.25, -0.2) is 4.98 Å². The highest BCUT2D eigenvalue weighted by Crippen LogP contribution is 2.33. The molecule has 3 nitrogen and oxygen atoms in total. The van der Waals surface area contributed by atoms with Crippen LogP contribution in [-0.4, -0.2) is 9.55 Å². The van der Waals surface area contributed by atoms with Gasteiger partial charge in [-0.3, -0.25) is 0 Å². The predicted molar refractivity (Wildman–Crippen MR) is 112 cm³/mol. The monoisotopic (exact) mass is 360 g/mol. The van der Waals surface area contributed by atoms with Crippen molar-refractivity contribution >= 4 is 22.0 Å². The summed E-state index contributed by atoms with van der Waals surface area (Å²) in [5, 5.41) is 1.30. The lowest BCUT2D eigenvalue weighted by molar-refractivity contribution is 0.411. The first kappa shape index (κ1) is 17.8. The second-order valence-electron chi connectivity index (χ2n) is 9.28. The van der Waals surface area contributed by atoms with Gasteiger partial charge in [-0.05, 0) is 41.6 Å². The molecule has 0 amide bonds. The Morgan fingerprint density at radius 2 is 1.70 bits per heavy atom. The molecule has 0 unspecified atom stereocenters. The summed E-state index contributed by atoms with van der Waals surface area (Å²) in [4.78, 5) is 4.73. The summed E-state index contributed by atoms with van der Waals surface area (Å²) < 4.78 is 8.27. The van der Waals surface area contributed by atoms with E-state index in [4.69, 9.17) is 9.40 Å². The number of benzene rings is 2. The van der Waals surface area contributed by atoms with Crippen molar-refractivity contribution in [3.63, 3.8) is 0 Å². The van der Waals surface area contributed by atoms with Gasteiger partial charge >= 0.3 is 0 Å². The molecule has 0 atom stereocenters. The van der Waals surface area contributed by atoms with E-state index in [2.05, 4.69) is 94.8 Å². The lowest BCUT2D eigenvalue weighted by Crippen LogP contribution is -2.23. The van der Waals surface area contributed by atoms with Gasteiger partial charge < -0.3 is 8.98 Å². The lowest BCUT2D eigenvalue weighted by atomic mass is 9.82. The Hall–Kier alpha value is -2.55. The van der Waals surface area contributed by atoms with E-state index >= 15 is 0 Å². The van der Waals surface area contributed by atoms with E-state index in [1.807, 2.05) is 0 Å². The van der Waals surface area contributed by atoms with Crippen molar-refractivity contribution < 1.29 is 4.42 Å². The average molecular weight is 361 g/mol. The molecule has 4 aromatic rings. The minimum atomic E-state index is -0.0817. The van der Waals surface area contributed by atoms with Crippen molar-refractivity contribution in [2.24, 2.45) is 7.05 Å². The maximum Gasteiger partial charge on any atom is 0.200 e. The summed E-state index contributed by atoms with van der Waals surface area (Å²) >= 11 is 0. The van der Waals surface area contributed by atoms with Gasteiger partial charge in [-0.2, -0.15) is 0 Å². The van der Waals surface area contributed by atoms with Crippen LogP contribution in [0.1, 0.15) is 51.8 Å². The molecule has 0 fully saturated rings. The Balaban J connectivity index is 1.70. The third-order valence-electron chi connectivity index (χ3n) is 5.38. The maximum absolute atomic E-state index is 5.95. The fourth-order valence-corrected chi connectivity index (χ4v) is 3.94. The van der Waals surface area contributed by atoms with Crippen LogP contribution in [0.2, 0.25) is 0 Å². The van der Waals surface area contributed by atoms with Gasteiger partial charge in [0, 0.05) is 29.1 Å². The minimum absolute atomic E-state index is 0.0119. The van der Waals surface area contributed by atoms with Crippen molar-refractivity contribution in [2.75, 3.05) is 0 Å². The molecule has 0 saturated carbocycles. The molecule has 0 saturated heterocycles. The smallest absolute Gasteiger partial charge is 0.200 e.